The van der Waals surface area contributed by atoms with Crippen LogP contribution in [0.2, 0.25) is 0 Å². The highest BCUT2D eigenvalue weighted by Gasteiger charge is 2.30. The molecule has 28 heavy (non-hydrogen) atoms. The lowest BCUT2D eigenvalue weighted by atomic mass is 10.0. The third-order valence-corrected chi connectivity index (χ3v) is 5.17. The summed E-state index contributed by atoms with van der Waals surface area (Å²) in [6.07, 6.45) is 6.94. The summed E-state index contributed by atoms with van der Waals surface area (Å²) < 4.78 is 7.10. The molecule has 0 spiro atoms. The molecule has 140 valence electrons. The fraction of sp³-hybridized carbons (Fsp3) is 0.200. The zero-order chi connectivity index (χ0) is 19.4. The minimum atomic E-state index is -1.22. The number of carbonyl (C=O) groups is 1. The Morgan fingerprint density at radius 1 is 1.32 bits per heavy atom. The fourth-order valence-corrected chi connectivity index (χ4v) is 3.67. The number of hydrogen-bond donors (Lipinski definition) is 2. The minimum Gasteiger partial charge on any atom is -0.494 e. The predicted molar refractivity (Wildman–Crippen MR) is 102 cm³/mol. The van der Waals surface area contributed by atoms with Gasteiger partial charge in [0.1, 0.15) is 5.56 Å². The Balaban J connectivity index is 1.85. The largest absolute Gasteiger partial charge is 0.494 e. The first kappa shape index (κ1) is 16.5. The van der Waals surface area contributed by atoms with Crippen molar-refractivity contribution in [2.24, 2.45) is 0 Å². The number of carboxylic acid groups (broad SMARTS) is 1. The molecule has 4 heterocycles. The highest BCUT2D eigenvalue weighted by atomic mass is 16.5. The van der Waals surface area contributed by atoms with Crippen molar-refractivity contribution in [1.29, 1.82) is 0 Å². The Bertz CT molecular complexity index is 1320. The first-order valence-corrected chi connectivity index (χ1v) is 8.87. The molecule has 1 aliphatic rings. The van der Waals surface area contributed by atoms with Crippen LogP contribution < -0.4 is 10.3 Å². The van der Waals surface area contributed by atoms with Crippen molar-refractivity contribution in [3.63, 3.8) is 0 Å². The van der Waals surface area contributed by atoms with Crippen LogP contribution in [0.1, 0.15) is 34.7 Å². The highest BCUT2D eigenvalue weighted by molar-refractivity contribution is 5.91. The lowest BCUT2D eigenvalue weighted by Gasteiger charge is -2.16. The molecule has 4 aromatic rings. The Hall–Kier alpha value is -3.68. The molecule has 2 N–H and O–H groups in total. The molecule has 0 unspecified atom stereocenters. The number of methoxy groups -OCH3 is 1. The van der Waals surface area contributed by atoms with Crippen molar-refractivity contribution >= 4 is 22.5 Å². The van der Waals surface area contributed by atoms with E-state index in [4.69, 9.17) is 4.74 Å². The van der Waals surface area contributed by atoms with E-state index < -0.39 is 11.5 Å². The van der Waals surface area contributed by atoms with Gasteiger partial charge in [-0.1, -0.05) is 0 Å². The van der Waals surface area contributed by atoms with Crippen LogP contribution in [0.5, 0.6) is 5.75 Å². The second-order valence-electron chi connectivity index (χ2n) is 6.91. The first-order chi connectivity index (χ1) is 13.6. The number of rotatable bonds is 4. The Morgan fingerprint density at radius 3 is 2.86 bits per heavy atom. The molecule has 0 bridgehead atoms. The topological polar surface area (TPSA) is 110 Å². The van der Waals surface area contributed by atoms with Gasteiger partial charge < -0.3 is 9.84 Å². The van der Waals surface area contributed by atoms with Gasteiger partial charge in [0.2, 0.25) is 0 Å². The molecule has 0 saturated heterocycles. The van der Waals surface area contributed by atoms with E-state index >= 15 is 0 Å². The van der Waals surface area contributed by atoms with Crippen LogP contribution in [0.3, 0.4) is 0 Å². The van der Waals surface area contributed by atoms with E-state index in [1.807, 2.05) is 6.07 Å². The second kappa shape index (κ2) is 5.91. The summed E-state index contributed by atoms with van der Waals surface area (Å²) in [5, 5.41) is 17.1. The van der Waals surface area contributed by atoms with Crippen molar-refractivity contribution in [2.45, 2.75) is 18.8 Å². The third-order valence-electron chi connectivity index (χ3n) is 5.17. The van der Waals surface area contributed by atoms with E-state index in [0.29, 0.717) is 16.9 Å². The molecular weight excluding hydrogens is 360 g/mol. The number of H-pyrrole nitrogens is 1. The quantitative estimate of drug-likeness (QED) is 0.567. The van der Waals surface area contributed by atoms with E-state index in [1.54, 1.807) is 31.8 Å². The van der Waals surface area contributed by atoms with Crippen LogP contribution in [0, 0.1) is 0 Å². The van der Waals surface area contributed by atoms with E-state index in [2.05, 4.69) is 15.2 Å². The Labute approximate surface area is 158 Å². The number of nitrogens with one attached hydrogen (secondary N) is 1. The van der Waals surface area contributed by atoms with Gasteiger partial charge in [-0.05, 0) is 42.5 Å². The van der Waals surface area contributed by atoms with E-state index in [9.17, 15) is 14.7 Å². The zero-order valence-electron chi connectivity index (χ0n) is 15.0. The molecular formula is C20H16N4O4. The van der Waals surface area contributed by atoms with Crippen molar-refractivity contribution in [3.05, 3.63) is 58.3 Å². The van der Waals surface area contributed by atoms with Crippen LogP contribution in [-0.4, -0.2) is 37.8 Å². The molecule has 8 nitrogen and oxygen atoms in total. The number of fused-ring (bicyclic) bond motifs is 2. The minimum absolute atomic E-state index is 0.226. The molecule has 4 aromatic heterocycles. The number of carboxylic acids is 1. The molecule has 0 atom stereocenters. The maximum atomic E-state index is 12.7. The molecule has 1 aliphatic carbocycles. The number of pyridine rings is 3. The van der Waals surface area contributed by atoms with Gasteiger partial charge in [0.25, 0.3) is 5.56 Å². The summed E-state index contributed by atoms with van der Waals surface area (Å²) in [4.78, 5) is 28.6. The summed E-state index contributed by atoms with van der Waals surface area (Å²) >= 11 is 0. The van der Waals surface area contributed by atoms with E-state index in [-0.39, 0.29) is 11.5 Å². The average Bonchev–Trinajstić information content (AvgIpc) is 3.43. The van der Waals surface area contributed by atoms with Gasteiger partial charge in [-0.15, -0.1) is 0 Å². The number of aromatic nitrogens is 4. The molecule has 0 amide bonds. The van der Waals surface area contributed by atoms with Gasteiger partial charge in [0, 0.05) is 28.9 Å². The number of aromatic amines is 1. The van der Waals surface area contributed by atoms with E-state index in [0.717, 1.165) is 34.9 Å². The molecule has 1 saturated carbocycles. The monoisotopic (exact) mass is 376 g/mol. The van der Waals surface area contributed by atoms with Crippen LogP contribution in [-0.2, 0) is 0 Å². The van der Waals surface area contributed by atoms with Gasteiger partial charge in [0.05, 0.1) is 18.8 Å². The smallest absolute Gasteiger partial charge is 0.341 e. The fourth-order valence-electron chi connectivity index (χ4n) is 3.67. The molecule has 8 heteroatoms. The number of nitrogens with zero attached hydrogens (tertiary/aromatic N) is 3. The van der Waals surface area contributed by atoms with Gasteiger partial charge in [-0.3, -0.25) is 14.3 Å². The van der Waals surface area contributed by atoms with Gasteiger partial charge in [-0.2, -0.15) is 5.10 Å². The maximum Gasteiger partial charge on any atom is 0.341 e. The Morgan fingerprint density at radius 2 is 2.14 bits per heavy atom. The zero-order valence-corrected chi connectivity index (χ0v) is 15.0. The van der Waals surface area contributed by atoms with Crippen LogP contribution in [0.15, 0.2) is 41.6 Å². The summed E-state index contributed by atoms with van der Waals surface area (Å²) in [6.45, 7) is 0. The Kier molecular flexibility index (Phi) is 3.48. The van der Waals surface area contributed by atoms with Crippen molar-refractivity contribution in [1.82, 2.24) is 19.6 Å². The number of aromatic carboxylic acids is 1. The molecule has 0 aromatic carbocycles. The summed E-state index contributed by atoms with van der Waals surface area (Å²) in [7, 11) is 1.55. The SMILES string of the molecule is COc1c(-c2cnc3[nH]ncc3c2)ccn2c(=O)c(C(=O)O)cc(C3CC3)c12. The number of hydrogen-bond acceptors (Lipinski definition) is 5. The van der Waals surface area contributed by atoms with Crippen LogP contribution in [0.4, 0.5) is 0 Å². The number of ether oxygens (including phenoxy) is 1. The third kappa shape index (κ3) is 2.38. The molecule has 0 aliphatic heterocycles. The lowest BCUT2D eigenvalue weighted by Crippen LogP contribution is -2.23. The lowest BCUT2D eigenvalue weighted by molar-refractivity contribution is 0.0694. The average molecular weight is 376 g/mol. The highest BCUT2D eigenvalue weighted by Crippen LogP contribution is 2.45. The maximum absolute atomic E-state index is 12.7. The summed E-state index contributed by atoms with van der Waals surface area (Å²) in [5.74, 6) is -0.464. The van der Waals surface area contributed by atoms with Crippen molar-refractivity contribution in [2.75, 3.05) is 7.11 Å². The first-order valence-electron chi connectivity index (χ1n) is 8.87. The van der Waals surface area contributed by atoms with E-state index in [1.165, 1.54) is 10.5 Å². The molecule has 0 radical (unpaired) electrons. The second-order valence-corrected chi connectivity index (χ2v) is 6.91. The van der Waals surface area contributed by atoms with Gasteiger partial charge in [-0.25, -0.2) is 9.78 Å². The van der Waals surface area contributed by atoms with Gasteiger partial charge in [0.15, 0.2) is 11.4 Å². The van der Waals surface area contributed by atoms with Crippen LogP contribution in [0.25, 0.3) is 27.7 Å². The van der Waals surface area contributed by atoms with Crippen molar-refractivity contribution in [3.8, 4) is 16.9 Å². The van der Waals surface area contributed by atoms with Crippen LogP contribution >= 0.6 is 0 Å². The summed E-state index contributed by atoms with van der Waals surface area (Å²) in [5.41, 5.74) is 2.94. The molecule has 1 fully saturated rings. The van der Waals surface area contributed by atoms with Crippen molar-refractivity contribution < 1.29 is 14.6 Å². The standard InChI is InChI=1S/C20H16N4O4/c1-28-17-13(11-6-12-9-22-23-18(12)21-8-11)4-5-24-16(17)14(10-2-3-10)7-15(19(24)25)20(26)27/h4-10H,2-3H2,1H3,(H,26,27)(H,21,22,23). The molecule has 5 rings (SSSR count). The predicted octanol–water partition coefficient (Wildman–Crippen LogP) is 2.82. The van der Waals surface area contributed by atoms with Gasteiger partial charge >= 0.3 is 5.97 Å². The summed E-state index contributed by atoms with van der Waals surface area (Å²) in [6, 6.07) is 5.20. The normalized spacial score (nSPS) is 13.9.